The Morgan fingerprint density at radius 2 is 1.75 bits per heavy atom. The van der Waals surface area contributed by atoms with Gasteiger partial charge in [0.1, 0.15) is 0 Å². The van der Waals surface area contributed by atoms with Gasteiger partial charge in [-0.05, 0) is 64.2 Å². The highest BCUT2D eigenvalue weighted by atomic mass is 16.2. The summed E-state index contributed by atoms with van der Waals surface area (Å²) in [5.41, 5.74) is 6.87. The number of rotatable bonds is 3. The number of aryl methyl sites for hydroxylation is 4. The summed E-state index contributed by atoms with van der Waals surface area (Å²) in [5, 5.41) is 5.73. The van der Waals surface area contributed by atoms with E-state index in [-0.39, 0.29) is 5.91 Å². The third kappa shape index (κ3) is 3.36. The molecule has 0 bridgehead atoms. The predicted molar refractivity (Wildman–Crippen MR) is 111 cm³/mol. The molecule has 4 heterocycles. The standard InChI is InChI=1S/C22H29N5O/c1-14-13-15(2)23-21-20(14)22-24-16(3)18(17(4)27(22)25-21)9-10-19(28)26-11-7-5-6-8-12-26/h13H,5-12H2,1-4H3. The van der Waals surface area contributed by atoms with Gasteiger partial charge in [-0.3, -0.25) is 4.79 Å². The predicted octanol–water partition coefficient (Wildman–Crippen LogP) is 3.85. The number of carbonyl (C=O) groups excluding carboxylic acids is 1. The summed E-state index contributed by atoms with van der Waals surface area (Å²) in [5.74, 6) is 0.263. The quantitative estimate of drug-likeness (QED) is 0.693. The van der Waals surface area contributed by atoms with Gasteiger partial charge < -0.3 is 4.90 Å². The highest BCUT2D eigenvalue weighted by Gasteiger charge is 2.19. The first-order chi connectivity index (χ1) is 13.5. The van der Waals surface area contributed by atoms with Crippen LogP contribution in [0.1, 0.15) is 60.3 Å². The SMILES string of the molecule is Cc1cc(C)c2c(n1)nn1c(C)c(CCC(=O)N3CCCCCC3)c(C)nc21. The minimum absolute atomic E-state index is 0.263. The number of carbonyl (C=O) groups is 1. The van der Waals surface area contributed by atoms with E-state index in [0.29, 0.717) is 12.8 Å². The molecule has 0 unspecified atom stereocenters. The maximum atomic E-state index is 12.7. The van der Waals surface area contributed by atoms with Crippen molar-refractivity contribution in [2.24, 2.45) is 0 Å². The summed E-state index contributed by atoms with van der Waals surface area (Å²) in [6, 6.07) is 2.07. The third-order valence-corrected chi connectivity index (χ3v) is 5.96. The summed E-state index contributed by atoms with van der Waals surface area (Å²) < 4.78 is 1.91. The van der Waals surface area contributed by atoms with E-state index in [4.69, 9.17) is 10.1 Å². The van der Waals surface area contributed by atoms with Crippen LogP contribution in [-0.2, 0) is 11.2 Å². The molecule has 6 heteroatoms. The molecular weight excluding hydrogens is 350 g/mol. The zero-order chi connectivity index (χ0) is 19.8. The Labute approximate surface area is 166 Å². The van der Waals surface area contributed by atoms with Gasteiger partial charge in [-0.1, -0.05) is 12.8 Å². The van der Waals surface area contributed by atoms with E-state index in [2.05, 4.69) is 24.9 Å². The molecule has 28 heavy (non-hydrogen) atoms. The van der Waals surface area contributed by atoms with Crippen molar-refractivity contribution in [1.82, 2.24) is 24.5 Å². The molecule has 1 amide bonds. The summed E-state index contributed by atoms with van der Waals surface area (Å²) in [4.78, 5) is 24.2. The zero-order valence-corrected chi connectivity index (χ0v) is 17.4. The van der Waals surface area contributed by atoms with Crippen LogP contribution in [0.25, 0.3) is 16.7 Å². The maximum Gasteiger partial charge on any atom is 0.222 e. The second-order valence-electron chi connectivity index (χ2n) is 8.07. The van der Waals surface area contributed by atoms with Crippen LogP contribution in [0, 0.1) is 27.7 Å². The molecule has 0 atom stereocenters. The summed E-state index contributed by atoms with van der Waals surface area (Å²) in [7, 11) is 0. The van der Waals surface area contributed by atoms with E-state index < -0.39 is 0 Å². The summed E-state index contributed by atoms with van der Waals surface area (Å²) in [6.07, 6.45) is 5.97. The minimum atomic E-state index is 0.263. The fourth-order valence-corrected chi connectivity index (χ4v) is 4.44. The first-order valence-electron chi connectivity index (χ1n) is 10.4. The summed E-state index contributed by atoms with van der Waals surface area (Å²) in [6.45, 7) is 9.99. The number of likely N-dealkylation sites (tertiary alicyclic amines) is 1. The van der Waals surface area contributed by atoms with Crippen molar-refractivity contribution < 1.29 is 4.79 Å². The van der Waals surface area contributed by atoms with Gasteiger partial charge in [0, 0.05) is 36.6 Å². The number of nitrogens with zero attached hydrogens (tertiary/aromatic N) is 5. The Morgan fingerprint density at radius 3 is 2.46 bits per heavy atom. The maximum absolute atomic E-state index is 12.7. The lowest BCUT2D eigenvalue weighted by atomic mass is 10.1. The molecule has 0 aliphatic carbocycles. The molecular formula is C22H29N5O. The molecule has 0 saturated carbocycles. The molecule has 6 nitrogen and oxygen atoms in total. The number of hydrogen-bond acceptors (Lipinski definition) is 4. The van der Waals surface area contributed by atoms with Crippen LogP contribution >= 0.6 is 0 Å². The number of pyridine rings is 1. The van der Waals surface area contributed by atoms with E-state index in [1.165, 1.54) is 12.8 Å². The molecule has 1 aliphatic heterocycles. The Bertz CT molecular complexity index is 1040. The van der Waals surface area contributed by atoms with E-state index >= 15 is 0 Å². The molecule has 0 spiro atoms. The second-order valence-corrected chi connectivity index (χ2v) is 8.07. The average Bonchev–Trinajstić information content (AvgIpc) is 2.82. The molecule has 0 radical (unpaired) electrons. The Morgan fingerprint density at radius 1 is 1.04 bits per heavy atom. The molecule has 3 aromatic rings. The topological polar surface area (TPSA) is 63.4 Å². The van der Waals surface area contributed by atoms with Gasteiger partial charge in [0.2, 0.25) is 5.91 Å². The van der Waals surface area contributed by atoms with Crippen LogP contribution in [0.4, 0.5) is 0 Å². The average molecular weight is 380 g/mol. The smallest absolute Gasteiger partial charge is 0.222 e. The normalized spacial score (nSPS) is 15.4. The first kappa shape index (κ1) is 18.8. The van der Waals surface area contributed by atoms with Crippen LogP contribution in [0.2, 0.25) is 0 Å². The van der Waals surface area contributed by atoms with E-state index in [1.807, 2.05) is 23.3 Å². The first-order valence-corrected chi connectivity index (χ1v) is 10.4. The number of fused-ring (bicyclic) bond motifs is 3. The lowest BCUT2D eigenvalue weighted by Crippen LogP contribution is -2.32. The van der Waals surface area contributed by atoms with Crippen molar-refractivity contribution in [3.05, 3.63) is 34.3 Å². The van der Waals surface area contributed by atoms with Gasteiger partial charge in [-0.25, -0.2) is 14.5 Å². The number of hydrogen-bond donors (Lipinski definition) is 0. The largest absolute Gasteiger partial charge is 0.343 e. The molecule has 0 aromatic carbocycles. The van der Waals surface area contributed by atoms with Gasteiger partial charge in [0.25, 0.3) is 0 Å². The molecule has 3 aromatic heterocycles. The van der Waals surface area contributed by atoms with E-state index in [0.717, 1.165) is 70.8 Å². The summed E-state index contributed by atoms with van der Waals surface area (Å²) >= 11 is 0. The van der Waals surface area contributed by atoms with E-state index in [1.54, 1.807) is 0 Å². The monoisotopic (exact) mass is 379 g/mol. The molecule has 0 N–H and O–H groups in total. The Hall–Kier alpha value is -2.50. The minimum Gasteiger partial charge on any atom is -0.343 e. The highest BCUT2D eigenvalue weighted by Crippen LogP contribution is 2.25. The van der Waals surface area contributed by atoms with Gasteiger partial charge in [-0.2, -0.15) is 0 Å². The highest BCUT2D eigenvalue weighted by molar-refractivity contribution is 5.93. The van der Waals surface area contributed by atoms with Crippen molar-refractivity contribution in [3.63, 3.8) is 0 Å². The fraction of sp³-hybridized carbons (Fsp3) is 0.545. The fourth-order valence-electron chi connectivity index (χ4n) is 4.44. The lowest BCUT2D eigenvalue weighted by Gasteiger charge is -2.20. The van der Waals surface area contributed by atoms with Crippen LogP contribution in [0.15, 0.2) is 6.07 Å². The van der Waals surface area contributed by atoms with Crippen LogP contribution in [0.5, 0.6) is 0 Å². The molecule has 1 aliphatic rings. The van der Waals surface area contributed by atoms with Crippen molar-refractivity contribution in [2.75, 3.05) is 13.1 Å². The molecule has 148 valence electrons. The van der Waals surface area contributed by atoms with Gasteiger partial charge in [0.15, 0.2) is 11.3 Å². The van der Waals surface area contributed by atoms with Crippen LogP contribution in [0.3, 0.4) is 0 Å². The van der Waals surface area contributed by atoms with Crippen molar-refractivity contribution in [3.8, 4) is 0 Å². The van der Waals surface area contributed by atoms with Gasteiger partial charge >= 0.3 is 0 Å². The lowest BCUT2D eigenvalue weighted by molar-refractivity contribution is -0.131. The molecule has 1 saturated heterocycles. The van der Waals surface area contributed by atoms with Crippen molar-refractivity contribution >= 4 is 22.6 Å². The van der Waals surface area contributed by atoms with E-state index in [9.17, 15) is 4.79 Å². The van der Waals surface area contributed by atoms with Gasteiger partial charge in [0.05, 0.1) is 5.39 Å². The van der Waals surface area contributed by atoms with Crippen LogP contribution < -0.4 is 0 Å². The third-order valence-electron chi connectivity index (χ3n) is 5.96. The zero-order valence-electron chi connectivity index (χ0n) is 17.4. The molecule has 1 fully saturated rings. The molecule has 4 rings (SSSR count). The van der Waals surface area contributed by atoms with Crippen molar-refractivity contribution in [2.45, 2.75) is 66.2 Å². The number of aromatic nitrogens is 4. The Balaban J connectivity index is 1.65. The van der Waals surface area contributed by atoms with Crippen LogP contribution in [-0.4, -0.2) is 43.5 Å². The van der Waals surface area contributed by atoms with Crippen molar-refractivity contribution in [1.29, 1.82) is 0 Å². The number of amides is 1. The van der Waals surface area contributed by atoms with Gasteiger partial charge in [-0.15, -0.1) is 5.10 Å². The second kappa shape index (κ2) is 7.49. The Kier molecular flexibility index (Phi) is 5.04.